The Hall–Kier alpha value is -2.48. The molecule has 26 heavy (non-hydrogen) atoms. The molecule has 0 saturated heterocycles. The zero-order valence-corrected chi connectivity index (χ0v) is 15.4. The SMILES string of the molecule is O=C(COC(=O)c1ccncc1)Nc1nc(-c2ccc(Cl)c(Cl)c2)cs1. The van der Waals surface area contributed by atoms with E-state index < -0.39 is 18.5 Å². The van der Waals surface area contributed by atoms with Crippen molar-refractivity contribution in [3.63, 3.8) is 0 Å². The predicted octanol–water partition coefficient (Wildman–Crippen LogP) is 4.31. The number of aromatic nitrogens is 2. The number of benzene rings is 1. The zero-order valence-electron chi connectivity index (χ0n) is 13.1. The van der Waals surface area contributed by atoms with E-state index >= 15 is 0 Å². The van der Waals surface area contributed by atoms with Crippen LogP contribution in [0.1, 0.15) is 10.4 Å². The van der Waals surface area contributed by atoms with Crippen LogP contribution in [0.4, 0.5) is 5.13 Å². The Kier molecular flexibility index (Phi) is 5.82. The molecule has 0 radical (unpaired) electrons. The van der Waals surface area contributed by atoms with Gasteiger partial charge in [0.05, 0.1) is 21.3 Å². The summed E-state index contributed by atoms with van der Waals surface area (Å²) in [6.07, 6.45) is 2.94. The van der Waals surface area contributed by atoms with Gasteiger partial charge in [0, 0.05) is 23.3 Å². The average molecular weight is 408 g/mol. The Morgan fingerprint density at radius 1 is 1.12 bits per heavy atom. The number of nitrogens with zero attached hydrogens (tertiary/aromatic N) is 2. The van der Waals surface area contributed by atoms with Crippen LogP contribution in [0.25, 0.3) is 11.3 Å². The minimum atomic E-state index is -0.599. The average Bonchev–Trinajstić information content (AvgIpc) is 3.11. The molecule has 132 valence electrons. The van der Waals surface area contributed by atoms with E-state index in [4.69, 9.17) is 27.9 Å². The number of carbonyl (C=O) groups is 2. The first-order valence-electron chi connectivity index (χ1n) is 7.31. The molecule has 0 saturated carbocycles. The maximum atomic E-state index is 11.9. The first-order valence-corrected chi connectivity index (χ1v) is 8.94. The molecule has 2 heterocycles. The summed E-state index contributed by atoms with van der Waals surface area (Å²) in [5.74, 6) is -1.08. The van der Waals surface area contributed by atoms with Crippen molar-refractivity contribution in [1.29, 1.82) is 0 Å². The molecule has 0 atom stereocenters. The number of ether oxygens (including phenoxy) is 1. The lowest BCUT2D eigenvalue weighted by Gasteiger charge is -2.04. The Labute approximate surface area is 162 Å². The van der Waals surface area contributed by atoms with E-state index in [-0.39, 0.29) is 0 Å². The second-order valence-electron chi connectivity index (χ2n) is 5.03. The fourth-order valence-electron chi connectivity index (χ4n) is 1.98. The maximum absolute atomic E-state index is 11.9. The zero-order chi connectivity index (χ0) is 18.5. The van der Waals surface area contributed by atoms with Crippen molar-refractivity contribution in [3.8, 4) is 11.3 Å². The van der Waals surface area contributed by atoms with Gasteiger partial charge in [-0.15, -0.1) is 11.3 Å². The standard InChI is InChI=1S/C17H11Cl2N3O3S/c18-12-2-1-11(7-13(12)19)14-9-26-17(21-14)22-15(23)8-25-16(24)10-3-5-20-6-4-10/h1-7,9H,8H2,(H,21,22,23). The van der Waals surface area contributed by atoms with Gasteiger partial charge in [-0.05, 0) is 24.3 Å². The smallest absolute Gasteiger partial charge is 0.338 e. The number of halogens is 2. The first-order chi connectivity index (χ1) is 12.5. The molecular weight excluding hydrogens is 397 g/mol. The van der Waals surface area contributed by atoms with Crippen molar-refractivity contribution < 1.29 is 14.3 Å². The van der Waals surface area contributed by atoms with Gasteiger partial charge in [0.15, 0.2) is 11.7 Å². The third-order valence-electron chi connectivity index (χ3n) is 3.22. The number of rotatable bonds is 5. The number of esters is 1. The molecule has 1 aromatic carbocycles. The third-order valence-corrected chi connectivity index (χ3v) is 4.71. The van der Waals surface area contributed by atoms with E-state index in [0.29, 0.717) is 26.4 Å². The van der Waals surface area contributed by atoms with Crippen molar-refractivity contribution in [3.05, 3.63) is 63.7 Å². The molecule has 0 spiro atoms. The monoisotopic (exact) mass is 407 g/mol. The summed E-state index contributed by atoms with van der Waals surface area (Å²) in [5.41, 5.74) is 1.75. The minimum absolute atomic E-state index is 0.323. The van der Waals surface area contributed by atoms with Crippen LogP contribution in [0.5, 0.6) is 0 Å². The highest BCUT2D eigenvalue weighted by molar-refractivity contribution is 7.14. The largest absolute Gasteiger partial charge is 0.452 e. The van der Waals surface area contributed by atoms with Crippen molar-refractivity contribution in [2.75, 3.05) is 11.9 Å². The normalized spacial score (nSPS) is 10.4. The minimum Gasteiger partial charge on any atom is -0.452 e. The Morgan fingerprint density at radius 2 is 1.88 bits per heavy atom. The first kappa shape index (κ1) is 18.3. The summed E-state index contributed by atoms with van der Waals surface area (Å²) >= 11 is 13.1. The van der Waals surface area contributed by atoms with Gasteiger partial charge in [-0.25, -0.2) is 9.78 Å². The van der Waals surface area contributed by atoms with E-state index in [1.165, 1.54) is 35.9 Å². The Morgan fingerprint density at radius 3 is 2.62 bits per heavy atom. The molecule has 6 nitrogen and oxygen atoms in total. The number of hydrogen-bond acceptors (Lipinski definition) is 6. The predicted molar refractivity (Wildman–Crippen MR) is 101 cm³/mol. The summed E-state index contributed by atoms with van der Waals surface area (Å²) in [6.45, 7) is -0.414. The molecule has 1 amide bonds. The van der Waals surface area contributed by atoms with Crippen LogP contribution in [0, 0.1) is 0 Å². The lowest BCUT2D eigenvalue weighted by atomic mass is 10.2. The quantitative estimate of drug-likeness (QED) is 0.637. The number of amides is 1. The fourth-order valence-corrected chi connectivity index (χ4v) is 3.01. The Bertz CT molecular complexity index is 947. The Balaban J connectivity index is 1.57. The number of pyridine rings is 1. The number of hydrogen-bond donors (Lipinski definition) is 1. The van der Waals surface area contributed by atoms with Crippen LogP contribution in [0.2, 0.25) is 10.0 Å². The number of nitrogens with one attached hydrogen (secondary N) is 1. The van der Waals surface area contributed by atoms with E-state index in [0.717, 1.165) is 5.56 Å². The molecule has 3 rings (SSSR count). The molecule has 2 aromatic heterocycles. The van der Waals surface area contributed by atoms with Crippen molar-refractivity contribution >= 4 is 51.5 Å². The van der Waals surface area contributed by atoms with E-state index in [2.05, 4.69) is 15.3 Å². The van der Waals surface area contributed by atoms with Crippen molar-refractivity contribution in [2.45, 2.75) is 0 Å². The molecular formula is C17H11Cl2N3O3S. The lowest BCUT2D eigenvalue weighted by Crippen LogP contribution is -2.20. The third kappa shape index (κ3) is 4.57. The van der Waals surface area contributed by atoms with Crippen LogP contribution in [0.15, 0.2) is 48.1 Å². The highest BCUT2D eigenvalue weighted by Crippen LogP contribution is 2.30. The van der Waals surface area contributed by atoms with Gasteiger partial charge in [0.2, 0.25) is 0 Å². The lowest BCUT2D eigenvalue weighted by molar-refractivity contribution is -0.119. The maximum Gasteiger partial charge on any atom is 0.338 e. The van der Waals surface area contributed by atoms with Crippen LogP contribution >= 0.6 is 34.5 Å². The van der Waals surface area contributed by atoms with Gasteiger partial charge in [-0.3, -0.25) is 15.1 Å². The molecule has 0 unspecified atom stereocenters. The van der Waals surface area contributed by atoms with Crippen LogP contribution in [-0.2, 0) is 9.53 Å². The number of thiazole rings is 1. The van der Waals surface area contributed by atoms with Gasteiger partial charge in [0.25, 0.3) is 5.91 Å². The molecule has 0 aliphatic carbocycles. The van der Waals surface area contributed by atoms with Crippen molar-refractivity contribution in [1.82, 2.24) is 9.97 Å². The van der Waals surface area contributed by atoms with E-state index in [1.807, 2.05) is 0 Å². The van der Waals surface area contributed by atoms with Crippen LogP contribution in [-0.4, -0.2) is 28.5 Å². The molecule has 0 bridgehead atoms. The van der Waals surface area contributed by atoms with Gasteiger partial charge in [0.1, 0.15) is 0 Å². The molecule has 0 aliphatic rings. The van der Waals surface area contributed by atoms with Gasteiger partial charge >= 0.3 is 5.97 Å². The molecule has 3 aromatic rings. The molecule has 0 aliphatic heterocycles. The number of anilines is 1. The molecule has 9 heteroatoms. The fraction of sp³-hybridized carbons (Fsp3) is 0.0588. The summed E-state index contributed by atoms with van der Waals surface area (Å²) < 4.78 is 4.95. The topological polar surface area (TPSA) is 81.2 Å². The second-order valence-corrected chi connectivity index (χ2v) is 6.70. The van der Waals surface area contributed by atoms with Crippen molar-refractivity contribution in [2.24, 2.45) is 0 Å². The summed E-state index contributed by atoms with van der Waals surface area (Å²) in [6, 6.07) is 8.16. The van der Waals surface area contributed by atoms with Gasteiger partial charge in [-0.1, -0.05) is 29.3 Å². The van der Waals surface area contributed by atoms with E-state index in [9.17, 15) is 9.59 Å². The molecule has 1 N–H and O–H groups in total. The number of carbonyl (C=O) groups excluding carboxylic acids is 2. The van der Waals surface area contributed by atoms with Gasteiger partial charge < -0.3 is 4.74 Å². The van der Waals surface area contributed by atoms with Gasteiger partial charge in [-0.2, -0.15) is 0 Å². The van der Waals surface area contributed by atoms with Crippen LogP contribution < -0.4 is 5.32 Å². The summed E-state index contributed by atoms with van der Waals surface area (Å²) in [7, 11) is 0. The molecule has 0 fully saturated rings. The summed E-state index contributed by atoms with van der Waals surface area (Å²) in [4.78, 5) is 31.8. The van der Waals surface area contributed by atoms with Crippen LogP contribution in [0.3, 0.4) is 0 Å². The second kappa shape index (κ2) is 8.27. The summed E-state index contributed by atoms with van der Waals surface area (Å²) in [5, 5.41) is 5.62. The van der Waals surface area contributed by atoms with E-state index in [1.54, 1.807) is 23.6 Å². The highest BCUT2D eigenvalue weighted by atomic mass is 35.5. The highest BCUT2D eigenvalue weighted by Gasteiger charge is 2.12.